The second-order valence-electron chi connectivity index (χ2n) is 7.67. The summed E-state index contributed by atoms with van der Waals surface area (Å²) in [6.45, 7) is 13.5. The fourth-order valence-corrected chi connectivity index (χ4v) is 5.06. The first-order valence-corrected chi connectivity index (χ1v) is 9.77. The van der Waals surface area contributed by atoms with Crippen molar-refractivity contribution in [2.24, 2.45) is 11.3 Å². The lowest BCUT2D eigenvalue weighted by atomic mass is 9.71. The molecule has 5 heteroatoms. The number of methoxy groups -OCH3 is 1. The van der Waals surface area contributed by atoms with E-state index in [0.717, 1.165) is 19.7 Å². The zero-order valence-electron chi connectivity index (χ0n) is 15.0. The Morgan fingerprint density at radius 2 is 2.13 bits per heavy atom. The lowest BCUT2D eigenvalue weighted by molar-refractivity contribution is 0.0281. The minimum absolute atomic E-state index is 0.451. The number of hydrogen-bond acceptors (Lipinski definition) is 5. The molecule has 0 bridgehead atoms. The van der Waals surface area contributed by atoms with E-state index in [1.807, 2.05) is 7.11 Å². The molecule has 0 amide bonds. The Kier molecular flexibility index (Phi) is 5.41. The Morgan fingerprint density at radius 3 is 2.70 bits per heavy atom. The van der Waals surface area contributed by atoms with E-state index in [0.29, 0.717) is 17.4 Å². The van der Waals surface area contributed by atoms with Gasteiger partial charge in [0.2, 0.25) is 0 Å². The average molecular weight is 338 g/mol. The minimum Gasteiger partial charge on any atom is -0.384 e. The summed E-state index contributed by atoms with van der Waals surface area (Å²) in [5, 5.41) is 3.39. The van der Waals surface area contributed by atoms with Crippen LogP contribution in [-0.4, -0.2) is 60.7 Å². The fraction of sp³-hybridized carbons (Fsp3) is 0.833. The zero-order chi connectivity index (χ0) is 16.4. The van der Waals surface area contributed by atoms with Crippen molar-refractivity contribution < 1.29 is 4.74 Å². The van der Waals surface area contributed by atoms with E-state index in [2.05, 4.69) is 40.9 Å². The first kappa shape index (κ1) is 17.3. The molecule has 3 heterocycles. The topological polar surface area (TPSA) is 28.6 Å². The van der Waals surface area contributed by atoms with E-state index in [-0.39, 0.29) is 0 Å². The molecule has 23 heavy (non-hydrogen) atoms. The van der Waals surface area contributed by atoms with Crippen molar-refractivity contribution >= 4 is 11.3 Å². The third-order valence-electron chi connectivity index (χ3n) is 5.83. The maximum atomic E-state index is 5.58. The third-order valence-corrected chi connectivity index (χ3v) is 6.65. The predicted octanol–water partition coefficient (Wildman–Crippen LogP) is 3.02. The second kappa shape index (κ2) is 7.18. The van der Waals surface area contributed by atoms with Gasteiger partial charge in [0, 0.05) is 44.1 Å². The summed E-state index contributed by atoms with van der Waals surface area (Å²) in [6.07, 6.45) is 2.62. The van der Waals surface area contributed by atoms with Crippen molar-refractivity contribution in [3.05, 3.63) is 16.1 Å². The Morgan fingerprint density at radius 1 is 1.39 bits per heavy atom. The lowest BCUT2D eigenvalue weighted by Crippen LogP contribution is -2.47. The van der Waals surface area contributed by atoms with Crippen molar-refractivity contribution in [3.63, 3.8) is 0 Å². The first-order chi connectivity index (χ1) is 11.0. The van der Waals surface area contributed by atoms with Crippen LogP contribution < -0.4 is 0 Å². The van der Waals surface area contributed by atoms with Crippen LogP contribution in [0, 0.1) is 18.3 Å². The van der Waals surface area contributed by atoms with Gasteiger partial charge >= 0.3 is 0 Å². The Hall–Kier alpha value is -0.490. The molecule has 0 radical (unpaired) electrons. The molecule has 3 rings (SSSR count). The molecule has 1 aromatic rings. The number of hydrogen-bond donors (Lipinski definition) is 0. The van der Waals surface area contributed by atoms with Crippen LogP contribution >= 0.6 is 11.3 Å². The highest BCUT2D eigenvalue weighted by molar-refractivity contribution is 7.09. The lowest BCUT2D eigenvalue weighted by Gasteiger charge is -2.44. The van der Waals surface area contributed by atoms with Gasteiger partial charge in [-0.15, -0.1) is 11.3 Å². The summed E-state index contributed by atoms with van der Waals surface area (Å²) in [7, 11) is 1.85. The van der Waals surface area contributed by atoms with Crippen molar-refractivity contribution in [3.8, 4) is 0 Å². The Labute approximate surface area is 144 Å². The number of nitrogens with zero attached hydrogens (tertiary/aromatic N) is 3. The van der Waals surface area contributed by atoms with Gasteiger partial charge in [-0.3, -0.25) is 4.90 Å². The second-order valence-corrected chi connectivity index (χ2v) is 8.73. The standard InChI is InChI=1S/C18H31N3OS/c1-14(2)21-7-5-18(6-8-21)13-20(9-16(18)11-22-4)10-17-12-23-15(3)19-17/h12,14,16H,5-11,13H2,1-4H3. The Balaban J connectivity index is 1.66. The number of aryl methyl sites for hydroxylation is 1. The molecule has 1 spiro atoms. The molecule has 0 saturated carbocycles. The number of rotatable bonds is 5. The quantitative estimate of drug-likeness (QED) is 0.826. The highest BCUT2D eigenvalue weighted by Gasteiger charge is 2.47. The summed E-state index contributed by atoms with van der Waals surface area (Å²) in [5.41, 5.74) is 1.69. The molecule has 2 aliphatic heterocycles. The summed E-state index contributed by atoms with van der Waals surface area (Å²) in [5.74, 6) is 0.668. The van der Waals surface area contributed by atoms with Gasteiger partial charge in [0.15, 0.2) is 0 Å². The van der Waals surface area contributed by atoms with Crippen LogP contribution in [0.3, 0.4) is 0 Å². The summed E-state index contributed by atoms with van der Waals surface area (Å²) in [4.78, 5) is 9.89. The average Bonchev–Trinajstić information content (AvgIpc) is 3.05. The molecular weight excluding hydrogens is 306 g/mol. The van der Waals surface area contributed by atoms with E-state index in [4.69, 9.17) is 4.74 Å². The molecule has 1 aromatic heterocycles. The maximum absolute atomic E-state index is 5.58. The third kappa shape index (κ3) is 3.78. The van der Waals surface area contributed by atoms with Gasteiger partial charge in [0.05, 0.1) is 17.3 Å². The van der Waals surface area contributed by atoms with Gasteiger partial charge in [-0.05, 0) is 52.1 Å². The molecule has 2 fully saturated rings. The van der Waals surface area contributed by atoms with Crippen molar-refractivity contribution in [2.75, 3.05) is 39.9 Å². The van der Waals surface area contributed by atoms with Gasteiger partial charge in [0.1, 0.15) is 0 Å². The predicted molar refractivity (Wildman–Crippen MR) is 95.9 cm³/mol. The number of thiazole rings is 1. The van der Waals surface area contributed by atoms with E-state index in [9.17, 15) is 0 Å². The van der Waals surface area contributed by atoms with Gasteiger partial charge in [0.25, 0.3) is 0 Å². The molecule has 1 unspecified atom stereocenters. The number of piperidine rings is 1. The van der Waals surface area contributed by atoms with Gasteiger partial charge in [-0.1, -0.05) is 0 Å². The van der Waals surface area contributed by atoms with Crippen LogP contribution in [0.25, 0.3) is 0 Å². The highest BCUT2D eigenvalue weighted by Crippen LogP contribution is 2.45. The van der Waals surface area contributed by atoms with Gasteiger partial charge in [-0.2, -0.15) is 0 Å². The fourth-order valence-electron chi connectivity index (χ4n) is 4.46. The number of likely N-dealkylation sites (tertiary alicyclic amines) is 2. The van der Waals surface area contributed by atoms with Crippen LogP contribution in [0.5, 0.6) is 0 Å². The van der Waals surface area contributed by atoms with Crippen LogP contribution in [0.1, 0.15) is 37.4 Å². The normalized spacial score (nSPS) is 25.7. The van der Waals surface area contributed by atoms with Crippen molar-refractivity contribution in [1.29, 1.82) is 0 Å². The summed E-state index contributed by atoms with van der Waals surface area (Å²) in [6, 6.07) is 0.670. The molecular formula is C18H31N3OS. The number of ether oxygens (including phenoxy) is 1. The largest absolute Gasteiger partial charge is 0.384 e. The first-order valence-electron chi connectivity index (χ1n) is 8.89. The van der Waals surface area contributed by atoms with E-state index >= 15 is 0 Å². The molecule has 2 aliphatic rings. The molecule has 4 nitrogen and oxygen atoms in total. The van der Waals surface area contributed by atoms with Crippen LogP contribution in [0.15, 0.2) is 5.38 Å². The molecule has 0 aromatic carbocycles. The van der Waals surface area contributed by atoms with Gasteiger partial charge in [-0.25, -0.2) is 4.98 Å². The molecule has 130 valence electrons. The summed E-state index contributed by atoms with van der Waals surface area (Å²) >= 11 is 1.76. The minimum atomic E-state index is 0.451. The van der Waals surface area contributed by atoms with Gasteiger partial charge < -0.3 is 9.64 Å². The Bertz CT molecular complexity index is 508. The molecule has 0 N–H and O–H groups in total. The monoisotopic (exact) mass is 337 g/mol. The summed E-state index contributed by atoms with van der Waals surface area (Å²) < 4.78 is 5.58. The van der Waals surface area contributed by atoms with E-state index in [1.165, 1.54) is 43.2 Å². The van der Waals surface area contributed by atoms with Crippen molar-refractivity contribution in [1.82, 2.24) is 14.8 Å². The highest BCUT2D eigenvalue weighted by atomic mass is 32.1. The van der Waals surface area contributed by atoms with Crippen LogP contribution in [0.2, 0.25) is 0 Å². The van der Waals surface area contributed by atoms with E-state index in [1.54, 1.807) is 11.3 Å². The molecule has 1 atom stereocenters. The zero-order valence-corrected chi connectivity index (χ0v) is 15.9. The van der Waals surface area contributed by atoms with E-state index < -0.39 is 0 Å². The molecule has 0 aliphatic carbocycles. The van der Waals surface area contributed by atoms with Crippen LogP contribution in [0.4, 0.5) is 0 Å². The number of aromatic nitrogens is 1. The smallest absolute Gasteiger partial charge is 0.0897 e. The van der Waals surface area contributed by atoms with Crippen LogP contribution in [-0.2, 0) is 11.3 Å². The maximum Gasteiger partial charge on any atom is 0.0897 e. The van der Waals surface area contributed by atoms with Crippen molar-refractivity contribution in [2.45, 2.75) is 46.2 Å². The molecule has 2 saturated heterocycles. The SMILES string of the molecule is COCC1CN(Cc2csc(C)n2)CC12CCN(C(C)C)CC2.